The van der Waals surface area contributed by atoms with Crippen LogP contribution >= 0.6 is 0 Å². The van der Waals surface area contributed by atoms with E-state index in [1.165, 1.54) is 6.92 Å². The van der Waals surface area contributed by atoms with Crippen LogP contribution < -0.4 is 0 Å². The van der Waals surface area contributed by atoms with Crippen LogP contribution in [0.5, 0.6) is 0 Å². The van der Waals surface area contributed by atoms with E-state index in [1.807, 2.05) is 13.8 Å². The van der Waals surface area contributed by atoms with Crippen molar-refractivity contribution in [1.82, 2.24) is 0 Å². The summed E-state index contributed by atoms with van der Waals surface area (Å²) >= 11 is 0. The van der Waals surface area contributed by atoms with E-state index in [2.05, 4.69) is 13.5 Å². The summed E-state index contributed by atoms with van der Waals surface area (Å²) in [5.74, 6) is -1.33. The van der Waals surface area contributed by atoms with Gasteiger partial charge in [0, 0.05) is 18.4 Å². The minimum Gasteiger partial charge on any atom is -0.481 e. The van der Waals surface area contributed by atoms with Crippen LogP contribution in [0.1, 0.15) is 79.6 Å². The Kier molecular flexibility index (Phi) is 5.82. The SMILES string of the molecule is C=C1C(OC(=O)/C(C)=C\C)[C@@]23CCC4[C@](C)(C(=O)O)CCC[C@@]4(C)[C@H]2CC[C@H]1C3OC(C)=O. The minimum absolute atomic E-state index is 0.0314. The molecule has 2 bridgehead atoms. The second kappa shape index (κ2) is 7.99. The zero-order valence-electron chi connectivity index (χ0n) is 20.6. The highest BCUT2D eigenvalue weighted by Crippen LogP contribution is 2.73. The number of aliphatic carboxylic acids is 1. The van der Waals surface area contributed by atoms with Gasteiger partial charge in [0.2, 0.25) is 0 Å². The molecule has 0 amide bonds. The highest BCUT2D eigenvalue weighted by molar-refractivity contribution is 5.88. The summed E-state index contributed by atoms with van der Waals surface area (Å²) < 4.78 is 12.2. The van der Waals surface area contributed by atoms with Gasteiger partial charge in [-0.2, -0.15) is 0 Å². The molecule has 4 aliphatic rings. The molecule has 4 rings (SSSR count). The molecular weight excluding hydrogens is 420 g/mol. The van der Waals surface area contributed by atoms with Crippen molar-refractivity contribution in [3.63, 3.8) is 0 Å². The summed E-state index contributed by atoms with van der Waals surface area (Å²) in [4.78, 5) is 37.5. The van der Waals surface area contributed by atoms with Crippen molar-refractivity contribution in [2.75, 3.05) is 0 Å². The summed E-state index contributed by atoms with van der Waals surface area (Å²) in [6.45, 7) is 13.5. The van der Waals surface area contributed by atoms with Crippen molar-refractivity contribution < 1.29 is 29.0 Å². The molecule has 1 N–H and O–H groups in total. The first-order valence-electron chi connectivity index (χ1n) is 12.4. The van der Waals surface area contributed by atoms with E-state index in [4.69, 9.17) is 9.47 Å². The molecule has 6 heteroatoms. The lowest BCUT2D eigenvalue weighted by Gasteiger charge is -2.64. The summed E-state index contributed by atoms with van der Waals surface area (Å²) in [5.41, 5.74) is -0.182. The molecule has 4 fully saturated rings. The molecule has 0 aromatic heterocycles. The van der Waals surface area contributed by atoms with Crippen LogP contribution in [0.2, 0.25) is 0 Å². The first kappa shape index (κ1) is 24.0. The van der Waals surface area contributed by atoms with Gasteiger partial charge in [-0.1, -0.05) is 26.0 Å². The number of carbonyl (C=O) groups excluding carboxylic acids is 2. The normalized spacial score (nSPS) is 44.5. The third-order valence-electron chi connectivity index (χ3n) is 10.0. The fourth-order valence-electron chi connectivity index (χ4n) is 8.48. The number of esters is 2. The van der Waals surface area contributed by atoms with E-state index in [0.29, 0.717) is 24.8 Å². The third kappa shape index (κ3) is 3.23. The Hall–Kier alpha value is -2.11. The summed E-state index contributed by atoms with van der Waals surface area (Å²) in [6, 6.07) is 0. The smallest absolute Gasteiger partial charge is 0.333 e. The summed E-state index contributed by atoms with van der Waals surface area (Å²) in [5, 5.41) is 10.2. The number of fused-ring (bicyclic) bond motifs is 3. The van der Waals surface area contributed by atoms with E-state index in [-0.39, 0.29) is 41.2 Å². The van der Waals surface area contributed by atoms with Gasteiger partial charge >= 0.3 is 17.9 Å². The first-order valence-corrected chi connectivity index (χ1v) is 12.4. The lowest BCUT2D eigenvalue weighted by molar-refractivity contribution is -0.224. The molecule has 4 aliphatic carbocycles. The molecular formula is C27H38O6. The molecule has 4 saturated carbocycles. The van der Waals surface area contributed by atoms with Crippen LogP contribution in [-0.4, -0.2) is 35.2 Å². The molecule has 33 heavy (non-hydrogen) atoms. The number of carbonyl (C=O) groups is 3. The van der Waals surface area contributed by atoms with E-state index in [9.17, 15) is 19.5 Å². The molecule has 0 saturated heterocycles. The third-order valence-corrected chi connectivity index (χ3v) is 10.0. The molecule has 1 spiro atoms. The van der Waals surface area contributed by atoms with Crippen molar-refractivity contribution in [1.29, 1.82) is 0 Å². The predicted octanol–water partition coefficient (Wildman–Crippen LogP) is 5.07. The van der Waals surface area contributed by atoms with Crippen molar-refractivity contribution in [2.24, 2.45) is 34.0 Å². The van der Waals surface area contributed by atoms with Gasteiger partial charge in [-0.25, -0.2) is 4.79 Å². The Morgan fingerprint density at radius 2 is 1.73 bits per heavy atom. The fourth-order valence-corrected chi connectivity index (χ4v) is 8.48. The van der Waals surface area contributed by atoms with Crippen LogP contribution in [0.15, 0.2) is 23.8 Å². The number of hydrogen-bond acceptors (Lipinski definition) is 5. The molecule has 0 aliphatic heterocycles. The maximum absolute atomic E-state index is 12.9. The van der Waals surface area contributed by atoms with Crippen LogP contribution in [0.25, 0.3) is 0 Å². The number of carboxylic acids is 1. The van der Waals surface area contributed by atoms with Crippen LogP contribution in [0.4, 0.5) is 0 Å². The Balaban J connectivity index is 1.83. The van der Waals surface area contributed by atoms with Crippen molar-refractivity contribution in [2.45, 2.75) is 91.8 Å². The number of rotatable bonds is 4. The number of ether oxygens (including phenoxy) is 2. The van der Waals surface area contributed by atoms with Crippen LogP contribution in [0.3, 0.4) is 0 Å². The Labute approximate surface area is 196 Å². The molecule has 0 radical (unpaired) electrons. The van der Waals surface area contributed by atoms with E-state index >= 15 is 0 Å². The molecule has 0 aromatic rings. The summed E-state index contributed by atoms with van der Waals surface area (Å²) in [7, 11) is 0. The van der Waals surface area contributed by atoms with Gasteiger partial charge in [0.25, 0.3) is 0 Å². The topological polar surface area (TPSA) is 89.9 Å². The van der Waals surface area contributed by atoms with E-state index < -0.39 is 22.9 Å². The molecule has 0 aromatic carbocycles. The highest BCUT2D eigenvalue weighted by atomic mass is 16.6. The van der Waals surface area contributed by atoms with E-state index in [0.717, 1.165) is 31.3 Å². The number of allylic oxidation sites excluding steroid dienone is 1. The van der Waals surface area contributed by atoms with Gasteiger partial charge in [0.15, 0.2) is 0 Å². The van der Waals surface area contributed by atoms with E-state index in [1.54, 1.807) is 13.0 Å². The van der Waals surface area contributed by atoms with Gasteiger partial charge in [-0.15, -0.1) is 0 Å². The predicted molar refractivity (Wildman–Crippen MR) is 123 cm³/mol. The maximum Gasteiger partial charge on any atom is 0.333 e. The van der Waals surface area contributed by atoms with Crippen molar-refractivity contribution in [3.8, 4) is 0 Å². The fraction of sp³-hybridized carbons (Fsp3) is 0.741. The molecule has 3 unspecified atom stereocenters. The Morgan fingerprint density at radius 3 is 2.33 bits per heavy atom. The lowest BCUT2D eigenvalue weighted by Crippen LogP contribution is -2.64. The quantitative estimate of drug-likeness (QED) is 0.359. The Morgan fingerprint density at radius 1 is 1.03 bits per heavy atom. The zero-order valence-corrected chi connectivity index (χ0v) is 20.6. The van der Waals surface area contributed by atoms with Crippen molar-refractivity contribution in [3.05, 3.63) is 23.8 Å². The zero-order chi connectivity index (χ0) is 24.3. The Bertz CT molecular complexity index is 920. The standard InChI is InChI=1S/C27H38O6/c1-7-15(2)23(29)33-21-16(3)18-9-10-20-25(5)12-8-13-26(6,24(30)31)19(25)11-14-27(20,21)22(18)32-17(4)28/h7,18-22H,3,8-14H2,1-2,4-6H3,(H,30,31)/b15-7-/t18-,19?,20-,21?,22?,25-,26-,27-/m1/s1. The van der Waals surface area contributed by atoms with Gasteiger partial charge < -0.3 is 14.6 Å². The average Bonchev–Trinajstić information content (AvgIpc) is 2.86. The number of carboxylic acid groups (broad SMARTS) is 1. The molecule has 6 nitrogen and oxygen atoms in total. The molecule has 0 heterocycles. The summed E-state index contributed by atoms with van der Waals surface area (Å²) in [6.07, 6.45) is 6.39. The van der Waals surface area contributed by atoms with Gasteiger partial charge in [0.05, 0.1) is 10.8 Å². The minimum atomic E-state index is -0.772. The first-order chi connectivity index (χ1) is 15.4. The molecule has 182 valence electrons. The van der Waals surface area contributed by atoms with Gasteiger partial charge in [-0.3, -0.25) is 9.59 Å². The monoisotopic (exact) mass is 458 g/mol. The maximum atomic E-state index is 12.9. The second-order valence-electron chi connectivity index (χ2n) is 11.4. The van der Waals surface area contributed by atoms with Crippen molar-refractivity contribution >= 4 is 17.9 Å². The lowest BCUT2D eigenvalue weighted by atomic mass is 9.40. The largest absolute Gasteiger partial charge is 0.481 e. The second-order valence-corrected chi connectivity index (χ2v) is 11.4. The molecule has 8 atom stereocenters. The van der Waals surface area contributed by atoms with Crippen LogP contribution in [-0.2, 0) is 23.9 Å². The highest BCUT2D eigenvalue weighted by Gasteiger charge is 2.73. The number of hydrogen-bond donors (Lipinski definition) is 1. The average molecular weight is 459 g/mol. The van der Waals surface area contributed by atoms with Crippen LogP contribution in [0, 0.1) is 34.0 Å². The van der Waals surface area contributed by atoms with Gasteiger partial charge in [-0.05, 0) is 82.1 Å². The van der Waals surface area contributed by atoms with Gasteiger partial charge in [0.1, 0.15) is 12.2 Å².